The van der Waals surface area contributed by atoms with Crippen molar-refractivity contribution in [3.05, 3.63) is 156 Å². The Labute approximate surface area is 343 Å². The number of carboxylic acid groups (broad SMARTS) is 1. The van der Waals surface area contributed by atoms with Gasteiger partial charge in [-0.15, -0.1) is 0 Å². The van der Waals surface area contributed by atoms with Crippen LogP contribution in [0.5, 0.6) is 0 Å². The van der Waals surface area contributed by atoms with E-state index in [2.05, 4.69) is 4.72 Å². The maximum atomic E-state index is 12.6. The molecule has 0 radical (unpaired) electrons. The van der Waals surface area contributed by atoms with Gasteiger partial charge in [-0.05, 0) is 85.3 Å². The maximum absolute atomic E-state index is 12.6. The van der Waals surface area contributed by atoms with Crippen LogP contribution in [0.25, 0.3) is 22.6 Å². The van der Waals surface area contributed by atoms with E-state index in [4.69, 9.17) is 19.1 Å². The summed E-state index contributed by atoms with van der Waals surface area (Å²) in [5, 5.41) is 13.4. The van der Waals surface area contributed by atoms with Crippen LogP contribution in [-0.2, 0) is 42.5 Å². The lowest BCUT2D eigenvalue weighted by Gasteiger charge is -2.08. The number of rotatable bonds is 15. The molecule has 6 rings (SSSR count). The van der Waals surface area contributed by atoms with Crippen molar-refractivity contribution in [3.63, 3.8) is 0 Å². The summed E-state index contributed by atoms with van der Waals surface area (Å²) in [4.78, 5) is 44.7. The molecule has 0 saturated carbocycles. The second kappa shape index (κ2) is 21.4. The molecule has 0 atom stereocenters. The number of nitrogens with two attached hydrogens (primary N) is 1. The SMILES string of the molecule is CC(=O)c1ccc(-c2cccc(S(=O)(=O)NC(=O)CCCc3ccccc3)c2)o1.CC(=O)c1ccc(-c2cccc(S(N)(=O)=O)c2)o1.O=C(O)CCCc1ccccc1. The average Bonchev–Trinajstić information content (AvgIpc) is 3.91. The number of primary sulfonamides is 1. The molecule has 0 unspecified atom stereocenters. The summed E-state index contributed by atoms with van der Waals surface area (Å²) >= 11 is 0. The Balaban J connectivity index is 0.000000217. The van der Waals surface area contributed by atoms with E-state index in [-0.39, 0.29) is 45.7 Å². The summed E-state index contributed by atoms with van der Waals surface area (Å²) in [6.07, 6.45) is 3.18. The molecule has 0 aliphatic carbocycles. The normalized spacial score (nSPS) is 11.0. The second-order valence-electron chi connectivity index (χ2n) is 13.1. The quantitative estimate of drug-likeness (QED) is 0.0844. The number of carbonyl (C=O) groups excluding carboxylic acids is 3. The first-order valence-electron chi connectivity index (χ1n) is 18.3. The summed E-state index contributed by atoms with van der Waals surface area (Å²) in [6, 6.07) is 38.0. The van der Waals surface area contributed by atoms with Gasteiger partial charge in [0, 0.05) is 37.8 Å². The molecule has 59 heavy (non-hydrogen) atoms. The van der Waals surface area contributed by atoms with Crippen molar-refractivity contribution in [3.8, 4) is 22.6 Å². The number of nitrogens with one attached hydrogen (secondary N) is 1. The first-order chi connectivity index (χ1) is 28.0. The number of hydrogen-bond donors (Lipinski definition) is 3. The highest BCUT2D eigenvalue weighted by atomic mass is 32.2. The summed E-state index contributed by atoms with van der Waals surface area (Å²) < 4.78 is 60.4. The lowest BCUT2D eigenvalue weighted by atomic mass is 10.1. The van der Waals surface area contributed by atoms with Gasteiger partial charge in [0.25, 0.3) is 10.0 Å². The van der Waals surface area contributed by atoms with Gasteiger partial charge in [-0.25, -0.2) is 26.7 Å². The predicted octanol–water partition coefficient (Wildman–Crippen LogP) is 7.87. The zero-order valence-electron chi connectivity index (χ0n) is 32.4. The van der Waals surface area contributed by atoms with Gasteiger partial charge in [0.2, 0.25) is 15.9 Å². The summed E-state index contributed by atoms with van der Waals surface area (Å²) in [6.45, 7) is 2.78. The van der Waals surface area contributed by atoms with Crippen molar-refractivity contribution < 1.29 is 50.0 Å². The number of ketones is 2. The van der Waals surface area contributed by atoms with E-state index in [0.717, 1.165) is 18.4 Å². The minimum Gasteiger partial charge on any atom is -0.481 e. The minimum atomic E-state index is -4.00. The lowest BCUT2D eigenvalue weighted by molar-refractivity contribution is -0.137. The molecule has 2 heterocycles. The fraction of sp³-hybridized carbons (Fsp3) is 0.182. The average molecular weight is 841 g/mol. The summed E-state index contributed by atoms with van der Waals surface area (Å²) in [5.41, 5.74) is 3.35. The molecule has 1 amide bonds. The molecule has 15 heteroatoms. The topological polar surface area (TPSA) is 221 Å². The van der Waals surface area contributed by atoms with E-state index in [0.29, 0.717) is 35.5 Å². The van der Waals surface area contributed by atoms with Crippen molar-refractivity contribution in [1.29, 1.82) is 0 Å². The molecule has 6 aromatic rings. The zero-order valence-corrected chi connectivity index (χ0v) is 34.0. The Morgan fingerprint density at radius 1 is 0.576 bits per heavy atom. The highest BCUT2D eigenvalue weighted by molar-refractivity contribution is 7.90. The molecule has 0 bridgehead atoms. The van der Waals surface area contributed by atoms with Crippen LogP contribution in [0.4, 0.5) is 0 Å². The molecule has 2 aromatic heterocycles. The predicted molar refractivity (Wildman–Crippen MR) is 221 cm³/mol. The number of aryl methyl sites for hydroxylation is 2. The van der Waals surface area contributed by atoms with Crippen molar-refractivity contribution >= 4 is 43.5 Å². The molecule has 0 aliphatic rings. The number of hydrogen-bond acceptors (Lipinski definition) is 10. The van der Waals surface area contributed by atoms with Gasteiger partial charge in [-0.1, -0.05) is 84.9 Å². The molecule has 0 fully saturated rings. The Morgan fingerprint density at radius 3 is 1.44 bits per heavy atom. The van der Waals surface area contributed by atoms with E-state index >= 15 is 0 Å². The van der Waals surface area contributed by atoms with Gasteiger partial charge >= 0.3 is 5.97 Å². The molecule has 0 saturated heterocycles. The Hall–Kier alpha value is -6.42. The van der Waals surface area contributed by atoms with Crippen LogP contribution in [0.1, 0.15) is 71.8 Å². The highest BCUT2D eigenvalue weighted by Gasteiger charge is 2.19. The number of amides is 1. The van der Waals surface area contributed by atoms with E-state index < -0.39 is 31.9 Å². The number of benzene rings is 4. The van der Waals surface area contributed by atoms with Gasteiger partial charge in [0.15, 0.2) is 23.1 Å². The molecule has 13 nitrogen and oxygen atoms in total. The van der Waals surface area contributed by atoms with Crippen LogP contribution in [0, 0.1) is 0 Å². The van der Waals surface area contributed by atoms with E-state index in [1.54, 1.807) is 42.5 Å². The van der Waals surface area contributed by atoms with Crippen LogP contribution in [0.2, 0.25) is 0 Å². The van der Waals surface area contributed by atoms with Gasteiger partial charge < -0.3 is 13.9 Å². The van der Waals surface area contributed by atoms with Gasteiger partial charge in [-0.2, -0.15) is 0 Å². The van der Waals surface area contributed by atoms with Crippen LogP contribution < -0.4 is 9.86 Å². The van der Waals surface area contributed by atoms with Gasteiger partial charge in [-0.3, -0.25) is 19.2 Å². The first-order valence-corrected chi connectivity index (χ1v) is 21.4. The third-order valence-corrected chi connectivity index (χ3v) is 10.7. The number of Topliss-reactive ketones (excluding diaryl/α,β-unsaturated/α-hetero) is 2. The molecule has 0 aliphatic heterocycles. The van der Waals surface area contributed by atoms with Gasteiger partial charge in [0.1, 0.15) is 11.5 Å². The first kappa shape index (κ1) is 45.3. The number of furan rings is 2. The Kier molecular flexibility index (Phi) is 16.4. The molecule has 4 aromatic carbocycles. The van der Waals surface area contributed by atoms with Crippen molar-refractivity contribution in [1.82, 2.24) is 4.72 Å². The highest BCUT2D eigenvalue weighted by Crippen LogP contribution is 2.26. The van der Waals surface area contributed by atoms with Crippen molar-refractivity contribution in [2.75, 3.05) is 0 Å². The zero-order chi connectivity index (χ0) is 43.0. The Morgan fingerprint density at radius 2 is 1.02 bits per heavy atom. The number of carboxylic acids is 1. The summed E-state index contributed by atoms with van der Waals surface area (Å²) in [7, 11) is -7.75. The smallest absolute Gasteiger partial charge is 0.303 e. The van der Waals surface area contributed by atoms with Crippen LogP contribution in [0.3, 0.4) is 0 Å². The van der Waals surface area contributed by atoms with Crippen LogP contribution in [-0.4, -0.2) is 45.4 Å². The fourth-order valence-corrected chi connectivity index (χ4v) is 7.07. The minimum absolute atomic E-state index is 0.000718. The van der Waals surface area contributed by atoms with Crippen molar-refractivity contribution in [2.45, 2.75) is 62.2 Å². The molecular formula is C44H44N2O11S2. The lowest BCUT2D eigenvalue weighted by Crippen LogP contribution is -2.30. The van der Waals surface area contributed by atoms with Crippen molar-refractivity contribution in [2.24, 2.45) is 5.14 Å². The molecular weight excluding hydrogens is 797 g/mol. The second-order valence-corrected chi connectivity index (χ2v) is 16.4. The fourth-order valence-electron chi connectivity index (χ4n) is 5.45. The van der Waals surface area contributed by atoms with Gasteiger partial charge in [0.05, 0.1) is 9.79 Å². The van der Waals surface area contributed by atoms with Crippen LogP contribution >= 0.6 is 0 Å². The maximum Gasteiger partial charge on any atom is 0.303 e. The summed E-state index contributed by atoms with van der Waals surface area (Å²) in [5.74, 6) is -0.459. The molecule has 0 spiro atoms. The van der Waals surface area contributed by atoms with E-state index in [1.807, 2.05) is 60.7 Å². The molecule has 4 N–H and O–H groups in total. The number of sulfonamides is 2. The number of aliphatic carboxylic acids is 1. The number of carbonyl (C=O) groups is 4. The molecule has 308 valence electrons. The van der Waals surface area contributed by atoms with E-state index in [9.17, 15) is 36.0 Å². The largest absolute Gasteiger partial charge is 0.481 e. The third-order valence-electron chi connectivity index (χ3n) is 8.44. The van der Waals surface area contributed by atoms with Crippen LogP contribution in [0.15, 0.2) is 152 Å². The monoisotopic (exact) mass is 840 g/mol. The van der Waals surface area contributed by atoms with E-state index in [1.165, 1.54) is 49.7 Å². The standard InChI is InChI=1S/C22H21NO5S.C12H11NO4S.C10H12O2/c1-16(24)20-13-14-21(28-20)18-10-6-11-19(15-18)29(26,27)23-22(25)12-5-9-17-7-3-2-4-8-17;1-8(14)11-5-6-12(17-11)9-3-2-4-10(7-9)18(13,15)16;11-10(12)8-4-7-9-5-2-1-3-6-9/h2-4,6-8,10-11,13-15H,5,9,12H2,1H3,(H,23,25);2-7H,1H3,(H2,13,15,16);1-3,5-6H,4,7-8H2,(H,11,12). The third kappa shape index (κ3) is 14.8. The Bertz CT molecular complexity index is 2580.